The monoisotopic (exact) mass is 354 g/mol. The van der Waals surface area contributed by atoms with Crippen LogP contribution in [-0.4, -0.2) is 21.1 Å². The third-order valence-corrected chi connectivity index (χ3v) is 4.58. The van der Waals surface area contributed by atoms with Crippen molar-refractivity contribution in [3.63, 3.8) is 0 Å². The van der Waals surface area contributed by atoms with Crippen molar-refractivity contribution in [2.45, 2.75) is 57.3 Å². The number of hydrogen-bond acceptors (Lipinski definition) is 6. The van der Waals surface area contributed by atoms with E-state index in [9.17, 15) is 4.79 Å². The first-order chi connectivity index (χ1) is 12.6. The van der Waals surface area contributed by atoms with Gasteiger partial charge in [-0.15, -0.1) is 10.2 Å². The highest BCUT2D eigenvalue weighted by molar-refractivity contribution is 5.97. The summed E-state index contributed by atoms with van der Waals surface area (Å²) in [6.07, 6.45) is 11.3. The molecule has 0 aliphatic heterocycles. The van der Waals surface area contributed by atoms with E-state index >= 15 is 0 Å². The summed E-state index contributed by atoms with van der Waals surface area (Å²) in [5, 5.41) is 10.4. The highest BCUT2D eigenvalue weighted by atomic mass is 16.1. The molecule has 0 radical (unpaired) electrons. The summed E-state index contributed by atoms with van der Waals surface area (Å²) in [4.78, 5) is 15.8. The molecule has 2 aliphatic carbocycles. The number of amides is 1. The fourth-order valence-electron chi connectivity index (χ4n) is 3.01. The van der Waals surface area contributed by atoms with Crippen molar-refractivity contribution in [1.82, 2.24) is 15.2 Å². The Bertz CT molecular complexity index is 744. The third-order valence-electron chi connectivity index (χ3n) is 4.58. The number of nitrogens with two attached hydrogens (primary N) is 2. The van der Waals surface area contributed by atoms with Gasteiger partial charge in [-0.2, -0.15) is 0 Å². The largest absolute Gasteiger partial charge is 0.382 e. The van der Waals surface area contributed by atoms with Gasteiger partial charge in [-0.05, 0) is 25.0 Å². The summed E-state index contributed by atoms with van der Waals surface area (Å²) in [6.45, 7) is 0. The summed E-state index contributed by atoms with van der Waals surface area (Å²) >= 11 is 0. The van der Waals surface area contributed by atoms with Crippen LogP contribution >= 0.6 is 0 Å². The van der Waals surface area contributed by atoms with Gasteiger partial charge in [0.15, 0.2) is 5.69 Å². The Morgan fingerprint density at radius 1 is 1.04 bits per heavy atom. The first-order valence-electron chi connectivity index (χ1n) is 9.30. The minimum atomic E-state index is -0.668. The van der Waals surface area contributed by atoms with E-state index in [2.05, 4.69) is 20.5 Å². The molecule has 0 atom stereocenters. The van der Waals surface area contributed by atoms with Gasteiger partial charge in [0.2, 0.25) is 0 Å². The molecule has 2 heterocycles. The Morgan fingerprint density at radius 3 is 2.27 bits per heavy atom. The topological polar surface area (TPSA) is 120 Å². The molecule has 138 valence electrons. The maximum Gasteiger partial charge on any atom is 0.271 e. The van der Waals surface area contributed by atoms with Crippen molar-refractivity contribution in [2.24, 2.45) is 5.73 Å². The van der Waals surface area contributed by atoms with Gasteiger partial charge in [-0.25, -0.2) is 4.98 Å². The van der Waals surface area contributed by atoms with Gasteiger partial charge in [0.25, 0.3) is 5.91 Å². The molecule has 0 unspecified atom stereocenters. The minimum Gasteiger partial charge on any atom is -0.382 e. The van der Waals surface area contributed by atoms with Crippen molar-refractivity contribution in [3.8, 4) is 0 Å². The fraction of sp³-hybridized carbons (Fsp3) is 0.474. The van der Waals surface area contributed by atoms with Crippen molar-refractivity contribution in [1.29, 1.82) is 0 Å². The zero-order chi connectivity index (χ0) is 18.4. The fourth-order valence-corrected chi connectivity index (χ4v) is 3.01. The first-order valence-corrected chi connectivity index (χ1v) is 9.30. The lowest BCUT2D eigenvalue weighted by molar-refractivity contribution is 0.0995. The third kappa shape index (κ3) is 5.15. The number of anilines is 3. The Morgan fingerprint density at radius 2 is 1.69 bits per heavy atom. The Labute approximate surface area is 153 Å². The molecule has 26 heavy (non-hydrogen) atoms. The molecule has 2 aromatic rings. The van der Waals surface area contributed by atoms with Gasteiger partial charge in [-0.3, -0.25) is 4.79 Å². The molecule has 2 fully saturated rings. The van der Waals surface area contributed by atoms with Gasteiger partial charge in [0.1, 0.15) is 11.6 Å². The Kier molecular flexibility index (Phi) is 5.99. The molecule has 4 rings (SSSR count). The lowest BCUT2D eigenvalue weighted by Gasteiger charge is -2.09. The molecule has 5 N–H and O–H groups in total. The predicted molar refractivity (Wildman–Crippen MR) is 102 cm³/mol. The smallest absolute Gasteiger partial charge is 0.271 e. The number of nitrogens with zero attached hydrogens (tertiary/aromatic N) is 3. The summed E-state index contributed by atoms with van der Waals surface area (Å²) in [7, 11) is 0. The molecule has 1 amide bonds. The number of aromatic nitrogens is 3. The lowest BCUT2D eigenvalue weighted by Crippen LogP contribution is -2.17. The van der Waals surface area contributed by atoms with Crippen molar-refractivity contribution in [3.05, 3.63) is 35.7 Å². The molecule has 2 saturated carbocycles. The number of nitrogen functional groups attached to an aromatic ring is 1. The zero-order valence-electron chi connectivity index (χ0n) is 14.9. The lowest BCUT2D eigenvalue weighted by atomic mass is 10.0. The van der Waals surface area contributed by atoms with Gasteiger partial charge in [-0.1, -0.05) is 44.6 Å². The number of carbonyl (C=O) groups is 1. The zero-order valence-corrected chi connectivity index (χ0v) is 14.9. The van der Waals surface area contributed by atoms with E-state index < -0.39 is 5.91 Å². The highest BCUT2D eigenvalue weighted by Crippen LogP contribution is 2.39. The van der Waals surface area contributed by atoms with Crippen LogP contribution in [0.5, 0.6) is 0 Å². The van der Waals surface area contributed by atoms with E-state index in [1.807, 2.05) is 18.2 Å². The van der Waals surface area contributed by atoms with Gasteiger partial charge < -0.3 is 16.8 Å². The van der Waals surface area contributed by atoms with Gasteiger partial charge in [0.05, 0.1) is 5.69 Å². The molecule has 7 nitrogen and oxygen atoms in total. The molecular weight excluding hydrogens is 328 g/mol. The van der Waals surface area contributed by atoms with E-state index in [0.717, 1.165) is 5.69 Å². The number of hydrogen-bond donors (Lipinski definition) is 3. The van der Waals surface area contributed by atoms with Gasteiger partial charge >= 0.3 is 0 Å². The number of pyridine rings is 1. The second-order valence-corrected chi connectivity index (χ2v) is 6.86. The van der Waals surface area contributed by atoms with Crippen LogP contribution in [0.25, 0.3) is 0 Å². The standard InChI is InChI=1S/C13H14N6O.C6H12/c14-10-6-9(12(13(15)20)19-18-10)17-11-3-1-2-8(16-11)7-4-5-7;1-2-4-6-5-3-1/h1-3,6-7H,4-5H2,(H2,15,20)(H3,14,16,17,18);1-6H2. The van der Waals surface area contributed by atoms with E-state index in [1.165, 1.54) is 57.4 Å². The van der Waals surface area contributed by atoms with Crippen LogP contribution in [0.4, 0.5) is 17.3 Å². The summed E-state index contributed by atoms with van der Waals surface area (Å²) < 4.78 is 0. The predicted octanol–water partition coefficient (Wildman–Crippen LogP) is 3.51. The highest BCUT2D eigenvalue weighted by Gasteiger charge is 2.25. The average molecular weight is 354 g/mol. The summed E-state index contributed by atoms with van der Waals surface area (Å²) in [5.41, 5.74) is 12.3. The summed E-state index contributed by atoms with van der Waals surface area (Å²) in [6, 6.07) is 7.24. The number of nitrogens with one attached hydrogen (secondary N) is 1. The maximum absolute atomic E-state index is 11.3. The SMILES string of the molecule is C1CCCCC1.NC(=O)c1nnc(N)cc1Nc1cccc(C2CC2)n1. The normalized spacial score (nSPS) is 16.3. The van der Waals surface area contributed by atoms with Crippen LogP contribution in [0.15, 0.2) is 24.3 Å². The molecule has 2 aromatic heterocycles. The minimum absolute atomic E-state index is 0.0397. The van der Waals surface area contributed by atoms with Crippen molar-refractivity contribution >= 4 is 23.2 Å². The quantitative estimate of drug-likeness (QED) is 0.773. The van der Waals surface area contributed by atoms with Crippen molar-refractivity contribution in [2.75, 3.05) is 11.1 Å². The van der Waals surface area contributed by atoms with Gasteiger partial charge in [0, 0.05) is 17.7 Å². The van der Waals surface area contributed by atoms with E-state index in [1.54, 1.807) is 0 Å². The molecule has 0 spiro atoms. The maximum atomic E-state index is 11.3. The van der Waals surface area contributed by atoms with Crippen molar-refractivity contribution < 1.29 is 4.79 Å². The van der Waals surface area contributed by atoms with E-state index in [0.29, 0.717) is 17.4 Å². The van der Waals surface area contributed by atoms with Crippen LogP contribution < -0.4 is 16.8 Å². The Hall–Kier alpha value is -2.70. The molecule has 0 bridgehead atoms. The van der Waals surface area contributed by atoms with Crippen LogP contribution in [-0.2, 0) is 0 Å². The number of carbonyl (C=O) groups excluding carboxylic acids is 1. The molecule has 2 aliphatic rings. The Balaban J connectivity index is 0.000000278. The average Bonchev–Trinajstić information content (AvgIpc) is 3.49. The second kappa shape index (κ2) is 8.60. The van der Waals surface area contributed by atoms with E-state index in [4.69, 9.17) is 11.5 Å². The number of primary amides is 1. The number of rotatable bonds is 4. The van der Waals surface area contributed by atoms with Crippen LogP contribution in [0.1, 0.15) is 73.5 Å². The van der Waals surface area contributed by atoms with Crippen LogP contribution in [0.2, 0.25) is 0 Å². The first kappa shape index (κ1) is 18.1. The molecule has 0 aromatic carbocycles. The van der Waals surface area contributed by atoms with Crippen LogP contribution in [0.3, 0.4) is 0 Å². The molecular formula is C19H26N6O. The van der Waals surface area contributed by atoms with E-state index in [-0.39, 0.29) is 11.5 Å². The van der Waals surface area contributed by atoms with Crippen LogP contribution in [0, 0.1) is 0 Å². The summed E-state index contributed by atoms with van der Waals surface area (Å²) in [5.74, 6) is 0.714. The second-order valence-electron chi connectivity index (χ2n) is 6.86. The molecule has 0 saturated heterocycles. The molecule has 7 heteroatoms.